The molecule has 1 N–H and O–H groups in total. The van der Waals surface area contributed by atoms with Gasteiger partial charge in [-0.1, -0.05) is 30.7 Å². The van der Waals surface area contributed by atoms with Crippen molar-refractivity contribution in [2.75, 3.05) is 0 Å². The number of benzene rings is 1. The number of carbonyl (C=O) groups excluding carboxylic acids is 1. The zero-order valence-electron chi connectivity index (χ0n) is 13.4. The molecule has 25 heavy (non-hydrogen) atoms. The summed E-state index contributed by atoms with van der Waals surface area (Å²) in [7, 11) is 0. The number of furan rings is 1. The molecule has 7 nitrogen and oxygen atoms in total. The molecule has 0 aliphatic heterocycles. The third-order valence-electron chi connectivity index (χ3n) is 3.65. The largest absolute Gasteiger partial charge is 0.459 e. The molecule has 2 heterocycles. The van der Waals surface area contributed by atoms with Gasteiger partial charge >= 0.3 is 5.76 Å². The van der Waals surface area contributed by atoms with Crippen molar-refractivity contribution in [2.45, 2.75) is 25.9 Å². The van der Waals surface area contributed by atoms with E-state index in [-0.39, 0.29) is 24.4 Å². The van der Waals surface area contributed by atoms with Gasteiger partial charge in [0.2, 0.25) is 5.91 Å². The molecule has 3 aromatic rings. The van der Waals surface area contributed by atoms with Crippen molar-refractivity contribution in [2.24, 2.45) is 0 Å². The maximum Gasteiger partial charge on any atom is 0.437 e. The van der Waals surface area contributed by atoms with E-state index in [9.17, 15) is 9.59 Å². The lowest BCUT2D eigenvalue weighted by Crippen LogP contribution is -2.34. The first-order valence-electron chi connectivity index (χ1n) is 7.73. The van der Waals surface area contributed by atoms with Gasteiger partial charge in [0.05, 0.1) is 12.3 Å². The Hall–Kier alpha value is -2.80. The van der Waals surface area contributed by atoms with Crippen molar-refractivity contribution in [3.8, 4) is 11.7 Å². The Balaban J connectivity index is 1.69. The van der Waals surface area contributed by atoms with Gasteiger partial charge < -0.3 is 14.2 Å². The Morgan fingerprint density at radius 1 is 1.32 bits per heavy atom. The number of amides is 1. The normalized spacial score (nSPS) is 12.1. The predicted molar refractivity (Wildman–Crippen MR) is 91.1 cm³/mol. The summed E-state index contributed by atoms with van der Waals surface area (Å²) in [5, 5.41) is 7.48. The van der Waals surface area contributed by atoms with Crippen LogP contribution in [0.3, 0.4) is 0 Å². The maximum absolute atomic E-state index is 12.3. The van der Waals surface area contributed by atoms with E-state index in [1.807, 2.05) is 19.1 Å². The molecule has 1 atom stereocenters. The number of nitrogens with one attached hydrogen (secondary N) is 1. The molecule has 8 heteroatoms. The fraction of sp³-hybridized carbons (Fsp3) is 0.235. The number of nitrogens with zero attached hydrogens (tertiary/aromatic N) is 2. The highest BCUT2D eigenvalue weighted by atomic mass is 35.5. The zero-order valence-corrected chi connectivity index (χ0v) is 14.2. The Morgan fingerprint density at radius 2 is 2.08 bits per heavy atom. The summed E-state index contributed by atoms with van der Waals surface area (Å²) in [4.78, 5) is 24.1. The van der Waals surface area contributed by atoms with E-state index in [1.165, 1.54) is 6.26 Å². The molecule has 0 bridgehead atoms. The third kappa shape index (κ3) is 4.00. The van der Waals surface area contributed by atoms with Crippen LogP contribution in [0.15, 0.2) is 56.3 Å². The molecule has 1 unspecified atom stereocenters. The summed E-state index contributed by atoms with van der Waals surface area (Å²) < 4.78 is 11.1. The van der Waals surface area contributed by atoms with E-state index in [2.05, 4.69) is 10.4 Å². The van der Waals surface area contributed by atoms with Crippen LogP contribution in [0.5, 0.6) is 0 Å². The van der Waals surface area contributed by atoms with Crippen molar-refractivity contribution in [3.05, 3.63) is 63.8 Å². The molecular formula is C17H16ClN3O4. The van der Waals surface area contributed by atoms with Crippen LogP contribution in [-0.2, 0) is 11.3 Å². The minimum Gasteiger partial charge on any atom is -0.459 e. The van der Waals surface area contributed by atoms with E-state index in [0.29, 0.717) is 17.2 Å². The second-order valence-electron chi connectivity index (χ2n) is 5.39. The lowest BCUT2D eigenvalue weighted by atomic mass is 10.0. The van der Waals surface area contributed by atoms with Gasteiger partial charge in [-0.15, -0.1) is 5.10 Å². The first kappa shape index (κ1) is 17.0. The first-order valence-corrected chi connectivity index (χ1v) is 8.11. The number of hydrogen-bond donors (Lipinski definition) is 1. The highest BCUT2D eigenvalue weighted by molar-refractivity contribution is 6.30. The molecule has 3 rings (SSSR count). The third-order valence-corrected chi connectivity index (χ3v) is 3.90. The number of carbonyl (C=O) groups is 1. The van der Waals surface area contributed by atoms with Crippen LogP contribution < -0.4 is 11.1 Å². The highest BCUT2D eigenvalue weighted by Gasteiger charge is 2.17. The second-order valence-corrected chi connectivity index (χ2v) is 5.82. The predicted octanol–water partition coefficient (Wildman–Crippen LogP) is 3.02. The number of aromatic nitrogens is 2. The molecule has 0 saturated heterocycles. The van der Waals surface area contributed by atoms with E-state index in [1.54, 1.807) is 24.3 Å². The smallest absolute Gasteiger partial charge is 0.437 e. The van der Waals surface area contributed by atoms with Crippen LogP contribution in [0.2, 0.25) is 5.02 Å². The summed E-state index contributed by atoms with van der Waals surface area (Å²) in [6.07, 6.45) is 2.14. The Morgan fingerprint density at radius 3 is 2.72 bits per heavy atom. The van der Waals surface area contributed by atoms with E-state index in [0.717, 1.165) is 10.2 Å². The topological polar surface area (TPSA) is 90.3 Å². The molecule has 0 aliphatic rings. The number of halogens is 1. The van der Waals surface area contributed by atoms with E-state index >= 15 is 0 Å². The minimum absolute atomic E-state index is 0.0348. The zero-order chi connectivity index (χ0) is 17.8. The first-order chi connectivity index (χ1) is 12.1. The van der Waals surface area contributed by atoms with Gasteiger partial charge in [-0.25, -0.2) is 4.79 Å². The van der Waals surface area contributed by atoms with E-state index in [4.69, 9.17) is 20.4 Å². The molecule has 1 aromatic carbocycles. The average Bonchev–Trinajstić information content (AvgIpc) is 3.24. The molecular weight excluding hydrogens is 346 g/mol. The SMILES string of the molecule is CCC(NC(=O)Cn1nc(-c2ccco2)oc1=O)c1ccc(Cl)cc1. The van der Waals surface area contributed by atoms with Crippen LogP contribution in [-0.4, -0.2) is 15.7 Å². The van der Waals surface area contributed by atoms with Gasteiger partial charge in [-0.05, 0) is 36.2 Å². The molecule has 2 aromatic heterocycles. The van der Waals surface area contributed by atoms with Crippen LogP contribution in [0, 0.1) is 0 Å². The molecule has 0 saturated carbocycles. The van der Waals surface area contributed by atoms with Crippen molar-refractivity contribution in [1.29, 1.82) is 0 Å². The number of hydrogen-bond acceptors (Lipinski definition) is 5. The fourth-order valence-electron chi connectivity index (χ4n) is 2.40. The van der Waals surface area contributed by atoms with Gasteiger partial charge in [0.25, 0.3) is 5.89 Å². The second kappa shape index (κ2) is 7.40. The van der Waals surface area contributed by atoms with Crippen LogP contribution in [0.25, 0.3) is 11.7 Å². The maximum atomic E-state index is 12.3. The summed E-state index contributed by atoms with van der Waals surface area (Å²) in [6, 6.07) is 10.3. The molecule has 1 amide bonds. The van der Waals surface area contributed by atoms with Gasteiger partial charge in [0.15, 0.2) is 5.76 Å². The average molecular weight is 362 g/mol. The van der Waals surface area contributed by atoms with Crippen LogP contribution in [0.1, 0.15) is 24.9 Å². The van der Waals surface area contributed by atoms with Gasteiger partial charge in [-0.2, -0.15) is 4.68 Å². The molecule has 130 valence electrons. The standard InChI is InChI=1S/C17H16ClN3O4/c1-2-13(11-5-7-12(18)8-6-11)19-15(22)10-21-17(23)25-16(20-21)14-4-3-9-24-14/h3-9,13H,2,10H2,1H3,(H,19,22). The molecule has 0 spiro atoms. The van der Waals surface area contributed by atoms with Crippen molar-refractivity contribution in [3.63, 3.8) is 0 Å². The lowest BCUT2D eigenvalue weighted by molar-refractivity contribution is -0.122. The van der Waals surface area contributed by atoms with Crippen LogP contribution in [0.4, 0.5) is 0 Å². The number of rotatable bonds is 6. The molecule has 0 radical (unpaired) electrons. The van der Waals surface area contributed by atoms with Gasteiger partial charge in [-0.3, -0.25) is 4.79 Å². The fourth-order valence-corrected chi connectivity index (χ4v) is 2.52. The lowest BCUT2D eigenvalue weighted by Gasteiger charge is -2.17. The Bertz CT molecular complexity index is 897. The van der Waals surface area contributed by atoms with Gasteiger partial charge in [0, 0.05) is 5.02 Å². The highest BCUT2D eigenvalue weighted by Crippen LogP contribution is 2.19. The Labute approximate surface area is 148 Å². The monoisotopic (exact) mass is 361 g/mol. The van der Waals surface area contributed by atoms with Crippen molar-refractivity contribution >= 4 is 17.5 Å². The minimum atomic E-state index is -0.721. The Kier molecular flexibility index (Phi) is 5.04. The summed E-state index contributed by atoms with van der Waals surface area (Å²) in [5.41, 5.74) is 0.934. The summed E-state index contributed by atoms with van der Waals surface area (Å²) in [6.45, 7) is 1.71. The summed E-state index contributed by atoms with van der Waals surface area (Å²) >= 11 is 5.88. The molecule has 0 fully saturated rings. The van der Waals surface area contributed by atoms with Crippen molar-refractivity contribution < 1.29 is 13.6 Å². The summed E-state index contributed by atoms with van der Waals surface area (Å²) in [5.74, 6) is -0.708. The van der Waals surface area contributed by atoms with Gasteiger partial charge in [0.1, 0.15) is 6.54 Å². The van der Waals surface area contributed by atoms with Crippen molar-refractivity contribution in [1.82, 2.24) is 15.1 Å². The van der Waals surface area contributed by atoms with Crippen LogP contribution >= 0.6 is 11.6 Å². The quantitative estimate of drug-likeness (QED) is 0.728. The van der Waals surface area contributed by atoms with E-state index < -0.39 is 5.76 Å². The molecule has 0 aliphatic carbocycles.